The molecule has 1 amide bonds. The maximum Gasteiger partial charge on any atom is 0.267 e. The van der Waals surface area contributed by atoms with Gasteiger partial charge in [0.1, 0.15) is 4.21 Å². The second kappa shape index (κ2) is 8.66. The number of nitrogens with one attached hydrogen (secondary N) is 2. The van der Waals surface area contributed by atoms with Crippen molar-refractivity contribution < 1.29 is 18.4 Å². The van der Waals surface area contributed by atoms with Crippen molar-refractivity contribution in [2.24, 2.45) is 0 Å². The molecule has 144 valence electrons. The lowest BCUT2D eigenvalue weighted by atomic mass is 10.0. The number of carbonyl (C=O) groups is 1. The highest BCUT2D eigenvalue weighted by molar-refractivity contribution is 7.91. The van der Waals surface area contributed by atoms with E-state index in [1.54, 1.807) is 29.1 Å². The molecular weight excluding hydrogens is 386 g/mol. The summed E-state index contributed by atoms with van der Waals surface area (Å²) in [5, 5.41) is 10.4. The third kappa shape index (κ3) is 4.95. The molecule has 27 heavy (non-hydrogen) atoms. The van der Waals surface area contributed by atoms with E-state index in [4.69, 9.17) is 5.21 Å². The number of hydrogen-bond donors (Lipinski definition) is 3. The number of sulfonamides is 1. The summed E-state index contributed by atoms with van der Waals surface area (Å²) in [5.41, 5.74) is 3.40. The first-order valence-electron chi connectivity index (χ1n) is 8.51. The van der Waals surface area contributed by atoms with Crippen LogP contribution in [0.1, 0.15) is 18.4 Å². The molecule has 7 nitrogen and oxygen atoms in total. The summed E-state index contributed by atoms with van der Waals surface area (Å²) in [5.74, 6) is -0.591. The van der Waals surface area contributed by atoms with Crippen molar-refractivity contribution >= 4 is 39.0 Å². The predicted molar refractivity (Wildman–Crippen MR) is 105 cm³/mol. The zero-order chi connectivity index (χ0) is 19.3. The van der Waals surface area contributed by atoms with Gasteiger partial charge in [-0.2, -0.15) is 0 Å². The van der Waals surface area contributed by atoms with Crippen LogP contribution in [0.3, 0.4) is 0 Å². The van der Waals surface area contributed by atoms with Crippen molar-refractivity contribution in [3.8, 4) is 0 Å². The standard InChI is InChI=1S/C18H21N3O4S2/c22-17(19-23)8-7-14-4-1-2-5-16(14)21-11-9-15(10-12-21)20-27(24,25)18-6-3-13-26-18/h1-8,13,15,20,23H,9-12H2,(H,19,22). The number of anilines is 1. The Labute approximate surface area is 162 Å². The van der Waals surface area contributed by atoms with Crippen LogP contribution in [-0.2, 0) is 14.8 Å². The topological polar surface area (TPSA) is 98.7 Å². The highest BCUT2D eigenvalue weighted by Gasteiger charge is 2.25. The minimum Gasteiger partial charge on any atom is -0.371 e. The molecule has 2 heterocycles. The average molecular weight is 408 g/mol. The lowest BCUT2D eigenvalue weighted by Gasteiger charge is -2.34. The van der Waals surface area contributed by atoms with Crippen molar-refractivity contribution in [1.29, 1.82) is 0 Å². The molecule has 3 N–H and O–H groups in total. The molecule has 0 spiro atoms. The van der Waals surface area contributed by atoms with Crippen molar-refractivity contribution in [3.63, 3.8) is 0 Å². The molecule has 0 aliphatic carbocycles. The minimum absolute atomic E-state index is 0.101. The Morgan fingerprint density at radius 1 is 1.19 bits per heavy atom. The number of carbonyl (C=O) groups excluding carboxylic acids is 1. The van der Waals surface area contributed by atoms with Crippen molar-refractivity contribution in [2.75, 3.05) is 18.0 Å². The third-order valence-electron chi connectivity index (χ3n) is 4.38. The molecule has 9 heteroatoms. The quantitative estimate of drug-likeness (QED) is 0.387. The van der Waals surface area contributed by atoms with Crippen LogP contribution < -0.4 is 15.1 Å². The second-order valence-electron chi connectivity index (χ2n) is 6.18. The minimum atomic E-state index is -3.46. The van der Waals surface area contributed by atoms with E-state index < -0.39 is 15.9 Å². The molecule has 0 radical (unpaired) electrons. The van der Waals surface area contributed by atoms with Gasteiger partial charge in [-0.1, -0.05) is 24.3 Å². The van der Waals surface area contributed by atoms with Gasteiger partial charge in [0.2, 0.25) is 10.0 Å². The molecule has 0 unspecified atom stereocenters. The molecule has 1 aliphatic heterocycles. The lowest BCUT2D eigenvalue weighted by Crippen LogP contribution is -2.44. The Bertz CT molecular complexity index is 902. The maximum atomic E-state index is 12.4. The highest BCUT2D eigenvalue weighted by Crippen LogP contribution is 2.26. The van der Waals surface area contributed by atoms with E-state index in [1.165, 1.54) is 17.4 Å². The summed E-state index contributed by atoms with van der Waals surface area (Å²) in [4.78, 5) is 13.4. The van der Waals surface area contributed by atoms with Crippen LogP contribution in [0.25, 0.3) is 6.08 Å². The molecule has 0 saturated carbocycles. The van der Waals surface area contributed by atoms with E-state index in [1.807, 2.05) is 24.3 Å². The van der Waals surface area contributed by atoms with Crippen LogP contribution in [0.5, 0.6) is 0 Å². The van der Waals surface area contributed by atoms with Gasteiger partial charge < -0.3 is 4.90 Å². The molecule has 0 bridgehead atoms. The molecule has 1 aliphatic rings. The summed E-state index contributed by atoms with van der Waals surface area (Å²) in [6.45, 7) is 1.41. The lowest BCUT2D eigenvalue weighted by molar-refractivity contribution is -0.124. The third-order valence-corrected chi connectivity index (χ3v) is 7.30. The Morgan fingerprint density at radius 2 is 1.93 bits per heavy atom. The molecule has 1 aromatic heterocycles. The van der Waals surface area contributed by atoms with Gasteiger partial charge in [-0.25, -0.2) is 18.6 Å². The Balaban J connectivity index is 1.64. The van der Waals surface area contributed by atoms with Crippen molar-refractivity contribution in [1.82, 2.24) is 10.2 Å². The van der Waals surface area contributed by atoms with Gasteiger partial charge in [0.05, 0.1) is 0 Å². The summed E-state index contributed by atoms with van der Waals surface area (Å²) in [6, 6.07) is 10.9. The number of amides is 1. The molecule has 0 atom stereocenters. The van der Waals surface area contributed by atoms with Gasteiger partial charge in [-0.15, -0.1) is 11.3 Å². The molecule has 2 aromatic rings. The number of para-hydroxylation sites is 1. The fraction of sp³-hybridized carbons (Fsp3) is 0.278. The zero-order valence-corrected chi connectivity index (χ0v) is 16.2. The first-order valence-corrected chi connectivity index (χ1v) is 10.9. The summed E-state index contributed by atoms with van der Waals surface area (Å²) in [6.07, 6.45) is 4.30. The zero-order valence-electron chi connectivity index (χ0n) is 14.5. The average Bonchev–Trinajstić information content (AvgIpc) is 3.22. The number of hydrogen-bond acceptors (Lipinski definition) is 6. The van der Waals surface area contributed by atoms with E-state index >= 15 is 0 Å². The monoisotopic (exact) mass is 407 g/mol. The number of thiophene rings is 1. The van der Waals surface area contributed by atoms with Gasteiger partial charge >= 0.3 is 0 Å². The normalized spacial score (nSPS) is 16.0. The van der Waals surface area contributed by atoms with Crippen LogP contribution in [0.4, 0.5) is 5.69 Å². The van der Waals surface area contributed by atoms with Gasteiger partial charge in [0.15, 0.2) is 0 Å². The SMILES string of the molecule is O=C(C=Cc1ccccc1N1CCC(NS(=O)(=O)c2cccs2)CC1)NO. The smallest absolute Gasteiger partial charge is 0.267 e. The Kier molecular flexibility index (Phi) is 6.27. The van der Waals surface area contributed by atoms with E-state index in [0.717, 1.165) is 11.3 Å². The summed E-state index contributed by atoms with van der Waals surface area (Å²) >= 11 is 1.21. The fourth-order valence-electron chi connectivity index (χ4n) is 3.05. The first kappa shape index (κ1) is 19.6. The number of rotatable bonds is 6. The van der Waals surface area contributed by atoms with Crippen LogP contribution >= 0.6 is 11.3 Å². The largest absolute Gasteiger partial charge is 0.371 e. The molecule has 1 fully saturated rings. The van der Waals surface area contributed by atoms with Gasteiger partial charge in [0.25, 0.3) is 5.91 Å². The van der Waals surface area contributed by atoms with Crippen LogP contribution in [0.2, 0.25) is 0 Å². The number of nitrogens with zero attached hydrogens (tertiary/aromatic N) is 1. The fourth-order valence-corrected chi connectivity index (χ4v) is 5.37. The maximum absolute atomic E-state index is 12.4. The van der Waals surface area contributed by atoms with E-state index in [2.05, 4.69) is 9.62 Å². The van der Waals surface area contributed by atoms with Gasteiger partial charge in [-0.05, 0) is 42.0 Å². The number of benzene rings is 1. The summed E-state index contributed by atoms with van der Waals surface area (Å²) in [7, 11) is -3.46. The van der Waals surface area contributed by atoms with E-state index in [0.29, 0.717) is 30.1 Å². The van der Waals surface area contributed by atoms with Crippen LogP contribution in [0, 0.1) is 0 Å². The van der Waals surface area contributed by atoms with Crippen LogP contribution in [0.15, 0.2) is 52.1 Å². The van der Waals surface area contributed by atoms with Gasteiger partial charge in [-0.3, -0.25) is 10.0 Å². The first-order chi connectivity index (χ1) is 13.0. The second-order valence-corrected chi connectivity index (χ2v) is 9.07. The van der Waals surface area contributed by atoms with Crippen molar-refractivity contribution in [2.45, 2.75) is 23.1 Å². The molecular formula is C18H21N3O4S2. The Morgan fingerprint density at radius 3 is 2.59 bits per heavy atom. The van der Waals surface area contributed by atoms with E-state index in [-0.39, 0.29) is 6.04 Å². The highest BCUT2D eigenvalue weighted by atomic mass is 32.2. The van der Waals surface area contributed by atoms with E-state index in [9.17, 15) is 13.2 Å². The van der Waals surface area contributed by atoms with Crippen molar-refractivity contribution in [3.05, 3.63) is 53.4 Å². The molecule has 1 saturated heterocycles. The molecule has 1 aromatic carbocycles. The van der Waals surface area contributed by atoms with Gasteiger partial charge in [0, 0.05) is 30.9 Å². The van der Waals surface area contributed by atoms with Crippen LogP contribution in [-0.4, -0.2) is 38.7 Å². The predicted octanol–water partition coefficient (Wildman–Crippen LogP) is 2.21. The molecule has 3 rings (SSSR count). The Hall–Kier alpha value is -2.20. The summed E-state index contributed by atoms with van der Waals surface area (Å²) < 4.78 is 27.9. The number of hydroxylamine groups is 1. The number of piperidine rings is 1.